The van der Waals surface area contributed by atoms with Crippen LogP contribution < -0.4 is 0 Å². The Labute approximate surface area is 346 Å². The van der Waals surface area contributed by atoms with E-state index in [1.54, 1.807) is 0 Å². The standard InChI is InChI=1S/C51H86O5/c1-4-7-10-13-15-17-19-21-23-25-27-29-31-33-35-37-40-43-46-54-47-49(56-51(53)45-42-38-12-9-6-3)48-55-50(52)44-41-39-36-34-32-30-28-26-24-22-20-18-16-14-11-8-5-2/h8,11,15-18,21-24,28,30,34,36,49H,4-7,9-10,12-14,19-20,25-27,29,31-33,35,37-48H2,1-3H3/b11-8-,17-15-,18-16-,23-21-,24-22-,30-28-,36-34-. The average molecular weight is 779 g/mol. The van der Waals surface area contributed by atoms with Gasteiger partial charge in [-0.15, -0.1) is 0 Å². The monoisotopic (exact) mass is 779 g/mol. The molecule has 0 N–H and O–H groups in total. The number of carbonyl (C=O) groups is 2. The Morgan fingerprint density at radius 2 is 0.821 bits per heavy atom. The van der Waals surface area contributed by atoms with Crippen LogP contribution in [0.5, 0.6) is 0 Å². The van der Waals surface area contributed by atoms with E-state index in [2.05, 4.69) is 106 Å². The number of unbranched alkanes of at least 4 members (excludes halogenated alkanes) is 16. The van der Waals surface area contributed by atoms with Crippen molar-refractivity contribution in [2.24, 2.45) is 0 Å². The Kier molecular flexibility index (Phi) is 44.0. The van der Waals surface area contributed by atoms with E-state index in [1.165, 1.54) is 83.5 Å². The third-order valence-corrected chi connectivity index (χ3v) is 9.42. The first-order valence-electron chi connectivity index (χ1n) is 23.1. The molecule has 0 rings (SSSR count). The summed E-state index contributed by atoms with van der Waals surface area (Å²) in [5, 5.41) is 0. The summed E-state index contributed by atoms with van der Waals surface area (Å²) < 4.78 is 17.2. The molecule has 1 atom stereocenters. The minimum absolute atomic E-state index is 0.0496. The molecule has 0 aliphatic rings. The van der Waals surface area contributed by atoms with Gasteiger partial charge in [-0.3, -0.25) is 9.59 Å². The fourth-order valence-corrected chi connectivity index (χ4v) is 5.99. The number of esters is 2. The van der Waals surface area contributed by atoms with E-state index < -0.39 is 6.10 Å². The summed E-state index contributed by atoms with van der Waals surface area (Å²) in [5.74, 6) is -0.485. The molecule has 0 amide bonds. The van der Waals surface area contributed by atoms with Crippen LogP contribution in [0.1, 0.15) is 201 Å². The van der Waals surface area contributed by atoms with Crippen LogP contribution in [0.15, 0.2) is 85.1 Å². The van der Waals surface area contributed by atoms with Crippen LogP contribution in [0.2, 0.25) is 0 Å². The molecule has 0 radical (unpaired) electrons. The summed E-state index contributed by atoms with van der Waals surface area (Å²) in [6.07, 6.45) is 60.5. The van der Waals surface area contributed by atoms with Gasteiger partial charge >= 0.3 is 11.9 Å². The first-order valence-corrected chi connectivity index (χ1v) is 23.1. The fraction of sp³-hybridized carbons (Fsp3) is 0.686. The third kappa shape index (κ3) is 43.8. The van der Waals surface area contributed by atoms with Gasteiger partial charge in [0.25, 0.3) is 0 Å². The van der Waals surface area contributed by atoms with Crippen LogP contribution in [-0.4, -0.2) is 37.9 Å². The second kappa shape index (κ2) is 46.5. The predicted molar refractivity (Wildman–Crippen MR) is 242 cm³/mol. The Hall–Kier alpha value is -2.92. The second-order valence-electron chi connectivity index (χ2n) is 14.9. The van der Waals surface area contributed by atoms with Crippen molar-refractivity contribution in [2.45, 2.75) is 207 Å². The number of hydrogen-bond acceptors (Lipinski definition) is 5. The number of hydrogen-bond donors (Lipinski definition) is 0. The largest absolute Gasteiger partial charge is 0.462 e. The molecule has 0 bridgehead atoms. The molecule has 0 aliphatic carbocycles. The van der Waals surface area contributed by atoms with Gasteiger partial charge in [-0.1, -0.05) is 183 Å². The van der Waals surface area contributed by atoms with Crippen LogP contribution in [0.25, 0.3) is 0 Å². The van der Waals surface area contributed by atoms with E-state index in [0.717, 1.165) is 83.5 Å². The maximum atomic E-state index is 12.5. The molecule has 320 valence electrons. The van der Waals surface area contributed by atoms with E-state index in [9.17, 15) is 9.59 Å². The summed E-state index contributed by atoms with van der Waals surface area (Å²) in [6, 6.07) is 0. The van der Waals surface area contributed by atoms with Crippen LogP contribution in [-0.2, 0) is 23.8 Å². The van der Waals surface area contributed by atoms with Gasteiger partial charge in [-0.05, 0) is 89.9 Å². The lowest BCUT2D eigenvalue weighted by atomic mass is 10.1. The van der Waals surface area contributed by atoms with Gasteiger partial charge in [0, 0.05) is 19.4 Å². The molecule has 0 aromatic heterocycles. The fourth-order valence-electron chi connectivity index (χ4n) is 5.99. The molecule has 1 unspecified atom stereocenters. The van der Waals surface area contributed by atoms with Crippen LogP contribution in [0.3, 0.4) is 0 Å². The third-order valence-electron chi connectivity index (χ3n) is 9.42. The van der Waals surface area contributed by atoms with Gasteiger partial charge in [0.05, 0.1) is 6.61 Å². The van der Waals surface area contributed by atoms with Crippen LogP contribution in [0.4, 0.5) is 0 Å². The predicted octanol–water partition coefficient (Wildman–Crippen LogP) is 15.3. The van der Waals surface area contributed by atoms with E-state index in [4.69, 9.17) is 14.2 Å². The van der Waals surface area contributed by atoms with Gasteiger partial charge in [-0.25, -0.2) is 0 Å². The van der Waals surface area contributed by atoms with Crippen molar-refractivity contribution in [1.82, 2.24) is 0 Å². The maximum Gasteiger partial charge on any atom is 0.306 e. The van der Waals surface area contributed by atoms with Gasteiger partial charge in [0.1, 0.15) is 6.61 Å². The Morgan fingerprint density at radius 3 is 1.38 bits per heavy atom. The molecule has 0 aromatic rings. The highest BCUT2D eigenvalue weighted by Crippen LogP contribution is 2.12. The lowest BCUT2D eigenvalue weighted by molar-refractivity contribution is -0.163. The van der Waals surface area contributed by atoms with Crippen molar-refractivity contribution in [3.05, 3.63) is 85.1 Å². The molecule has 0 fully saturated rings. The van der Waals surface area contributed by atoms with Crippen molar-refractivity contribution < 1.29 is 23.8 Å². The lowest BCUT2D eigenvalue weighted by Crippen LogP contribution is -2.30. The zero-order valence-electron chi connectivity index (χ0n) is 36.6. The van der Waals surface area contributed by atoms with Crippen LogP contribution in [0, 0.1) is 0 Å². The number of carbonyl (C=O) groups excluding carboxylic acids is 2. The summed E-state index contributed by atoms with van der Waals surface area (Å²) in [6.45, 7) is 7.53. The first-order chi connectivity index (χ1) is 27.6. The van der Waals surface area contributed by atoms with Crippen molar-refractivity contribution >= 4 is 11.9 Å². The molecule has 0 saturated carbocycles. The topological polar surface area (TPSA) is 61.8 Å². The number of allylic oxidation sites excluding steroid dienone is 14. The molecule has 5 nitrogen and oxygen atoms in total. The summed E-state index contributed by atoms with van der Waals surface area (Å²) in [4.78, 5) is 25.0. The second-order valence-corrected chi connectivity index (χ2v) is 14.9. The normalized spacial score (nSPS) is 13.0. The molecule has 0 spiro atoms. The molecule has 0 saturated heterocycles. The Morgan fingerprint density at radius 1 is 0.411 bits per heavy atom. The minimum atomic E-state index is -0.560. The Balaban J connectivity index is 4.16. The molecular formula is C51H86O5. The summed E-state index contributed by atoms with van der Waals surface area (Å²) in [7, 11) is 0. The lowest BCUT2D eigenvalue weighted by Gasteiger charge is -2.18. The SMILES string of the molecule is CC/C=C\C/C=C\C/C=C\C/C=C\C/C=C\CCCC(=O)OCC(COCCCCCCCCCC/C=C\C/C=C\CCCCC)OC(=O)CCCCCCC. The number of ether oxygens (including phenoxy) is 3. The van der Waals surface area contributed by atoms with Crippen molar-refractivity contribution in [3.8, 4) is 0 Å². The van der Waals surface area contributed by atoms with Gasteiger partial charge in [0.2, 0.25) is 0 Å². The van der Waals surface area contributed by atoms with E-state index >= 15 is 0 Å². The molecule has 0 aromatic carbocycles. The summed E-state index contributed by atoms with van der Waals surface area (Å²) in [5.41, 5.74) is 0. The maximum absolute atomic E-state index is 12.5. The number of rotatable bonds is 41. The zero-order chi connectivity index (χ0) is 40.7. The molecule has 5 heteroatoms. The molecule has 0 heterocycles. The average Bonchev–Trinajstić information content (AvgIpc) is 3.20. The van der Waals surface area contributed by atoms with E-state index in [0.29, 0.717) is 19.4 Å². The van der Waals surface area contributed by atoms with Crippen molar-refractivity contribution in [1.29, 1.82) is 0 Å². The van der Waals surface area contributed by atoms with Crippen molar-refractivity contribution in [3.63, 3.8) is 0 Å². The zero-order valence-corrected chi connectivity index (χ0v) is 36.6. The van der Waals surface area contributed by atoms with Gasteiger partial charge in [-0.2, -0.15) is 0 Å². The highest BCUT2D eigenvalue weighted by Gasteiger charge is 2.17. The smallest absolute Gasteiger partial charge is 0.306 e. The minimum Gasteiger partial charge on any atom is -0.462 e. The molecule has 0 aliphatic heterocycles. The van der Waals surface area contributed by atoms with Gasteiger partial charge < -0.3 is 14.2 Å². The summed E-state index contributed by atoms with van der Waals surface area (Å²) >= 11 is 0. The Bertz CT molecular complexity index is 1060. The van der Waals surface area contributed by atoms with E-state index in [-0.39, 0.29) is 25.2 Å². The molecular weight excluding hydrogens is 693 g/mol. The van der Waals surface area contributed by atoms with Crippen LogP contribution >= 0.6 is 0 Å². The van der Waals surface area contributed by atoms with E-state index in [1.807, 2.05) is 0 Å². The quantitative estimate of drug-likeness (QED) is 0.0351. The first kappa shape index (κ1) is 53.1. The van der Waals surface area contributed by atoms with Gasteiger partial charge in [0.15, 0.2) is 6.10 Å². The highest BCUT2D eigenvalue weighted by atomic mass is 16.6. The highest BCUT2D eigenvalue weighted by molar-refractivity contribution is 5.70. The molecule has 56 heavy (non-hydrogen) atoms. The van der Waals surface area contributed by atoms with Crippen molar-refractivity contribution in [2.75, 3.05) is 19.8 Å².